The van der Waals surface area contributed by atoms with Crippen LogP contribution >= 0.6 is 11.8 Å². The standard InChI is InChI=1S/C15H14N2OS/c1-10-3-5-11(6-4-10)14-13(9-18)7-12(8-16)15(17-14)19-2/h3-7,18H,9H2,1-2H3. The van der Waals surface area contributed by atoms with Gasteiger partial charge in [-0.3, -0.25) is 0 Å². The highest BCUT2D eigenvalue weighted by molar-refractivity contribution is 7.98. The lowest BCUT2D eigenvalue weighted by atomic mass is 10.0. The van der Waals surface area contributed by atoms with Crippen LogP contribution in [0.3, 0.4) is 0 Å². The fourth-order valence-electron chi connectivity index (χ4n) is 1.86. The fourth-order valence-corrected chi connectivity index (χ4v) is 2.36. The number of aliphatic hydroxyl groups excluding tert-OH is 1. The Kier molecular flexibility index (Phi) is 4.20. The van der Waals surface area contributed by atoms with Crippen molar-refractivity contribution in [3.8, 4) is 17.3 Å². The van der Waals surface area contributed by atoms with Gasteiger partial charge in [-0.25, -0.2) is 4.98 Å². The summed E-state index contributed by atoms with van der Waals surface area (Å²) in [4.78, 5) is 4.51. The van der Waals surface area contributed by atoms with E-state index >= 15 is 0 Å². The molecule has 0 saturated heterocycles. The first-order chi connectivity index (χ1) is 9.19. The van der Waals surface area contributed by atoms with Crippen molar-refractivity contribution in [2.45, 2.75) is 18.6 Å². The quantitative estimate of drug-likeness (QED) is 0.870. The number of pyridine rings is 1. The molecule has 0 unspecified atom stereocenters. The first-order valence-electron chi connectivity index (χ1n) is 5.85. The minimum Gasteiger partial charge on any atom is -0.392 e. The van der Waals surface area contributed by atoms with Gasteiger partial charge in [0.25, 0.3) is 0 Å². The van der Waals surface area contributed by atoms with E-state index in [4.69, 9.17) is 5.26 Å². The van der Waals surface area contributed by atoms with E-state index in [9.17, 15) is 5.11 Å². The van der Waals surface area contributed by atoms with Gasteiger partial charge in [0.15, 0.2) is 0 Å². The van der Waals surface area contributed by atoms with Gasteiger partial charge < -0.3 is 5.11 Å². The van der Waals surface area contributed by atoms with E-state index in [1.54, 1.807) is 6.07 Å². The van der Waals surface area contributed by atoms with E-state index in [-0.39, 0.29) is 6.61 Å². The van der Waals surface area contributed by atoms with E-state index < -0.39 is 0 Å². The van der Waals surface area contributed by atoms with Crippen molar-refractivity contribution in [3.05, 3.63) is 47.0 Å². The number of thioether (sulfide) groups is 1. The number of aryl methyl sites for hydroxylation is 1. The highest BCUT2D eigenvalue weighted by Crippen LogP contribution is 2.28. The highest BCUT2D eigenvalue weighted by atomic mass is 32.2. The largest absolute Gasteiger partial charge is 0.392 e. The first kappa shape index (κ1) is 13.6. The Morgan fingerprint density at radius 3 is 2.53 bits per heavy atom. The normalized spacial score (nSPS) is 10.2. The highest BCUT2D eigenvalue weighted by Gasteiger charge is 2.12. The summed E-state index contributed by atoms with van der Waals surface area (Å²) in [7, 11) is 0. The zero-order chi connectivity index (χ0) is 13.8. The third-order valence-corrected chi connectivity index (χ3v) is 3.57. The first-order valence-corrected chi connectivity index (χ1v) is 7.08. The molecule has 4 heteroatoms. The van der Waals surface area contributed by atoms with Crippen LogP contribution in [0, 0.1) is 18.3 Å². The van der Waals surface area contributed by atoms with Crippen LogP contribution in [0.1, 0.15) is 16.7 Å². The lowest BCUT2D eigenvalue weighted by Gasteiger charge is -2.10. The molecule has 0 fully saturated rings. The monoisotopic (exact) mass is 270 g/mol. The van der Waals surface area contributed by atoms with E-state index in [1.165, 1.54) is 17.3 Å². The zero-order valence-electron chi connectivity index (χ0n) is 10.8. The van der Waals surface area contributed by atoms with Gasteiger partial charge in [0, 0.05) is 11.1 Å². The molecule has 0 saturated carbocycles. The molecule has 2 aromatic rings. The minimum absolute atomic E-state index is 0.125. The number of hydrogen-bond acceptors (Lipinski definition) is 4. The van der Waals surface area contributed by atoms with Gasteiger partial charge in [0.1, 0.15) is 11.1 Å². The van der Waals surface area contributed by atoms with Gasteiger partial charge in [-0.05, 0) is 19.2 Å². The molecule has 0 aliphatic rings. The summed E-state index contributed by atoms with van der Waals surface area (Å²) < 4.78 is 0. The number of nitriles is 1. The minimum atomic E-state index is -0.125. The molecule has 0 spiro atoms. The Hall–Kier alpha value is -1.83. The summed E-state index contributed by atoms with van der Waals surface area (Å²) >= 11 is 1.44. The summed E-state index contributed by atoms with van der Waals surface area (Å²) in [5.74, 6) is 0. The Bertz CT molecular complexity index is 630. The second-order valence-electron chi connectivity index (χ2n) is 4.19. The summed E-state index contributed by atoms with van der Waals surface area (Å²) in [6.45, 7) is 1.90. The van der Waals surface area contributed by atoms with Gasteiger partial charge >= 0.3 is 0 Å². The topological polar surface area (TPSA) is 56.9 Å². The maximum Gasteiger partial charge on any atom is 0.114 e. The fraction of sp³-hybridized carbons (Fsp3) is 0.200. The lowest BCUT2D eigenvalue weighted by molar-refractivity contribution is 0.282. The smallest absolute Gasteiger partial charge is 0.114 e. The molecule has 19 heavy (non-hydrogen) atoms. The third kappa shape index (κ3) is 2.78. The van der Waals surface area contributed by atoms with Crippen LogP contribution in [-0.4, -0.2) is 16.3 Å². The Morgan fingerprint density at radius 2 is 2.00 bits per heavy atom. The molecule has 0 amide bonds. The summed E-state index contributed by atoms with van der Waals surface area (Å²) in [6, 6.07) is 11.8. The number of hydrogen-bond donors (Lipinski definition) is 1. The molecule has 0 aliphatic heterocycles. The summed E-state index contributed by atoms with van der Waals surface area (Å²) in [5.41, 5.74) is 4.05. The molecule has 0 radical (unpaired) electrons. The Morgan fingerprint density at radius 1 is 1.32 bits per heavy atom. The van der Waals surface area contributed by atoms with Crippen molar-refractivity contribution in [2.75, 3.05) is 6.26 Å². The van der Waals surface area contributed by atoms with Crippen molar-refractivity contribution in [1.29, 1.82) is 5.26 Å². The summed E-state index contributed by atoms with van der Waals surface area (Å²) in [6.07, 6.45) is 1.89. The van der Waals surface area contributed by atoms with Gasteiger partial charge in [-0.15, -0.1) is 11.8 Å². The van der Waals surface area contributed by atoms with E-state index in [0.717, 1.165) is 11.3 Å². The average Bonchev–Trinajstić information content (AvgIpc) is 2.46. The molecule has 1 aromatic carbocycles. The average molecular weight is 270 g/mol. The van der Waals surface area contributed by atoms with Crippen molar-refractivity contribution in [3.63, 3.8) is 0 Å². The van der Waals surface area contributed by atoms with Gasteiger partial charge in [0.2, 0.25) is 0 Å². The molecule has 1 heterocycles. The molecule has 2 rings (SSSR count). The van der Waals surface area contributed by atoms with E-state index in [1.807, 2.05) is 37.4 Å². The molecule has 0 aliphatic carbocycles. The maximum absolute atomic E-state index is 9.46. The number of aromatic nitrogens is 1. The van der Waals surface area contributed by atoms with E-state index in [2.05, 4.69) is 11.1 Å². The third-order valence-electron chi connectivity index (χ3n) is 2.88. The summed E-state index contributed by atoms with van der Waals surface area (Å²) in [5, 5.41) is 19.2. The Balaban J connectivity index is 2.62. The number of aliphatic hydroxyl groups is 1. The van der Waals surface area contributed by atoms with Crippen LogP contribution in [0.4, 0.5) is 0 Å². The van der Waals surface area contributed by atoms with Crippen LogP contribution in [0.15, 0.2) is 35.4 Å². The van der Waals surface area contributed by atoms with Crippen LogP contribution in [0.5, 0.6) is 0 Å². The molecular formula is C15H14N2OS. The second kappa shape index (κ2) is 5.87. The van der Waals surface area contributed by atoms with Gasteiger partial charge in [-0.2, -0.15) is 5.26 Å². The molecule has 1 aromatic heterocycles. The molecular weight excluding hydrogens is 256 g/mol. The maximum atomic E-state index is 9.46. The molecule has 0 bridgehead atoms. The van der Waals surface area contributed by atoms with Crippen molar-refractivity contribution in [2.24, 2.45) is 0 Å². The number of nitrogens with zero attached hydrogens (tertiary/aromatic N) is 2. The number of rotatable bonds is 3. The predicted octanol–water partition coefficient (Wildman–Crippen LogP) is 3.14. The van der Waals surface area contributed by atoms with Crippen LogP contribution in [-0.2, 0) is 6.61 Å². The predicted molar refractivity (Wildman–Crippen MR) is 76.8 cm³/mol. The molecule has 0 atom stereocenters. The number of benzene rings is 1. The van der Waals surface area contributed by atoms with E-state index in [0.29, 0.717) is 16.2 Å². The van der Waals surface area contributed by atoms with Gasteiger partial charge in [-0.1, -0.05) is 29.8 Å². The van der Waals surface area contributed by atoms with Crippen molar-refractivity contribution < 1.29 is 5.11 Å². The van der Waals surface area contributed by atoms with Gasteiger partial charge in [0.05, 0.1) is 17.9 Å². The van der Waals surface area contributed by atoms with Crippen molar-refractivity contribution in [1.82, 2.24) is 4.98 Å². The Labute approximate surface area is 116 Å². The van der Waals surface area contributed by atoms with Crippen molar-refractivity contribution >= 4 is 11.8 Å². The van der Waals surface area contributed by atoms with Crippen LogP contribution in [0.2, 0.25) is 0 Å². The molecule has 1 N–H and O–H groups in total. The zero-order valence-corrected chi connectivity index (χ0v) is 11.7. The van der Waals surface area contributed by atoms with Crippen LogP contribution < -0.4 is 0 Å². The van der Waals surface area contributed by atoms with Crippen LogP contribution in [0.25, 0.3) is 11.3 Å². The second-order valence-corrected chi connectivity index (χ2v) is 4.98. The SMILES string of the molecule is CSc1nc(-c2ccc(C)cc2)c(CO)cc1C#N. The molecule has 3 nitrogen and oxygen atoms in total. The molecule has 96 valence electrons. The lowest BCUT2D eigenvalue weighted by Crippen LogP contribution is -1.98.